The summed E-state index contributed by atoms with van der Waals surface area (Å²) in [5.41, 5.74) is 7.03. The fourth-order valence-corrected chi connectivity index (χ4v) is 2.44. The topological polar surface area (TPSA) is 83.5 Å². The van der Waals surface area contributed by atoms with Crippen molar-refractivity contribution >= 4 is 17.2 Å². The van der Waals surface area contributed by atoms with E-state index in [-0.39, 0.29) is 5.84 Å². The third kappa shape index (κ3) is 3.52. The van der Waals surface area contributed by atoms with Crippen molar-refractivity contribution in [3.63, 3.8) is 0 Å². The minimum atomic E-state index is 0.0214. The van der Waals surface area contributed by atoms with E-state index < -0.39 is 0 Å². The van der Waals surface area contributed by atoms with E-state index in [9.17, 15) is 0 Å². The van der Waals surface area contributed by atoms with Crippen LogP contribution in [-0.2, 0) is 6.54 Å². The quantitative estimate of drug-likeness (QED) is 0.338. The van der Waals surface area contributed by atoms with Gasteiger partial charge in [-0.05, 0) is 36.1 Å². The van der Waals surface area contributed by atoms with E-state index in [4.69, 9.17) is 10.9 Å². The van der Waals surface area contributed by atoms with Gasteiger partial charge >= 0.3 is 0 Å². The number of amidine groups is 1. The monoisotopic (exact) mass is 276 g/mol. The van der Waals surface area contributed by atoms with Crippen LogP contribution >= 0.6 is 11.3 Å². The van der Waals surface area contributed by atoms with Crippen LogP contribution in [-0.4, -0.2) is 16.0 Å². The molecule has 19 heavy (non-hydrogen) atoms. The molecule has 0 saturated carbocycles. The summed E-state index contributed by atoms with van der Waals surface area (Å²) in [5, 5.41) is 17.1. The van der Waals surface area contributed by atoms with Gasteiger partial charge in [0.2, 0.25) is 0 Å². The molecule has 0 radical (unpaired) electrons. The van der Waals surface area contributed by atoms with Gasteiger partial charge in [0.1, 0.15) is 5.69 Å². The van der Waals surface area contributed by atoms with Crippen molar-refractivity contribution in [3.05, 3.63) is 52.0 Å². The Bertz CT molecular complexity index is 554. The highest BCUT2D eigenvalue weighted by Crippen LogP contribution is 2.18. The van der Waals surface area contributed by atoms with E-state index in [1.807, 2.05) is 18.2 Å². The van der Waals surface area contributed by atoms with Crippen molar-refractivity contribution in [1.29, 1.82) is 0 Å². The van der Waals surface area contributed by atoms with Crippen molar-refractivity contribution in [2.75, 3.05) is 0 Å². The van der Waals surface area contributed by atoms with Crippen LogP contribution in [0, 0.1) is 0 Å². The molecule has 0 spiro atoms. The van der Waals surface area contributed by atoms with Gasteiger partial charge in [-0.25, -0.2) is 0 Å². The molecule has 0 bridgehead atoms. The van der Waals surface area contributed by atoms with E-state index in [2.05, 4.69) is 33.8 Å². The lowest BCUT2D eigenvalue weighted by atomic mass is 10.2. The van der Waals surface area contributed by atoms with Crippen LogP contribution in [0.25, 0.3) is 0 Å². The van der Waals surface area contributed by atoms with Gasteiger partial charge in [0.05, 0.1) is 0 Å². The summed E-state index contributed by atoms with van der Waals surface area (Å²) in [4.78, 5) is 5.34. The number of aromatic nitrogens is 1. The lowest BCUT2D eigenvalue weighted by Crippen LogP contribution is -2.19. The van der Waals surface area contributed by atoms with Crippen LogP contribution in [0.15, 0.2) is 41.0 Å². The predicted molar refractivity (Wildman–Crippen MR) is 76.3 cm³/mol. The zero-order valence-electron chi connectivity index (χ0n) is 10.6. The largest absolute Gasteiger partial charge is 0.409 e. The second kappa shape index (κ2) is 6.31. The van der Waals surface area contributed by atoms with Crippen LogP contribution < -0.4 is 11.1 Å². The number of nitrogens with zero attached hydrogens (tertiary/aromatic N) is 2. The summed E-state index contributed by atoms with van der Waals surface area (Å²) in [7, 11) is 0. The molecule has 2 rings (SSSR count). The Kier molecular flexibility index (Phi) is 4.48. The molecule has 2 aromatic heterocycles. The SMILES string of the molecule is C[C@H](NCc1ccnc(/C(N)=N/O)c1)c1cccs1. The molecular weight excluding hydrogens is 260 g/mol. The Morgan fingerprint density at radius 1 is 1.58 bits per heavy atom. The number of nitrogens with one attached hydrogen (secondary N) is 1. The fourth-order valence-electron chi connectivity index (χ4n) is 1.68. The van der Waals surface area contributed by atoms with Gasteiger partial charge in [0.25, 0.3) is 0 Å². The summed E-state index contributed by atoms with van der Waals surface area (Å²) >= 11 is 1.73. The molecule has 5 nitrogen and oxygen atoms in total. The minimum absolute atomic E-state index is 0.0214. The summed E-state index contributed by atoms with van der Waals surface area (Å²) in [6, 6.07) is 8.16. The van der Waals surface area contributed by atoms with Gasteiger partial charge in [0, 0.05) is 23.7 Å². The maximum absolute atomic E-state index is 8.63. The highest BCUT2D eigenvalue weighted by Gasteiger charge is 2.07. The van der Waals surface area contributed by atoms with Gasteiger partial charge in [0.15, 0.2) is 5.84 Å². The van der Waals surface area contributed by atoms with Crippen LogP contribution in [0.5, 0.6) is 0 Å². The maximum Gasteiger partial charge on any atom is 0.188 e. The molecule has 0 aliphatic carbocycles. The number of thiophene rings is 1. The molecule has 0 fully saturated rings. The number of nitrogens with two attached hydrogens (primary N) is 1. The molecule has 0 amide bonds. The van der Waals surface area contributed by atoms with Crippen molar-refractivity contribution in [2.24, 2.45) is 10.9 Å². The summed E-state index contributed by atoms with van der Waals surface area (Å²) in [6.07, 6.45) is 1.65. The number of pyridine rings is 1. The molecule has 100 valence electrons. The molecule has 1 atom stereocenters. The second-order valence-electron chi connectivity index (χ2n) is 4.15. The third-order valence-electron chi connectivity index (χ3n) is 2.78. The Balaban J connectivity index is 2.00. The maximum atomic E-state index is 8.63. The first-order chi connectivity index (χ1) is 9.20. The van der Waals surface area contributed by atoms with E-state index in [0.29, 0.717) is 18.3 Å². The Labute approximate surface area is 115 Å². The lowest BCUT2D eigenvalue weighted by Gasteiger charge is -2.12. The van der Waals surface area contributed by atoms with Gasteiger partial charge in [-0.1, -0.05) is 11.2 Å². The van der Waals surface area contributed by atoms with E-state index >= 15 is 0 Å². The average Bonchev–Trinajstić information content (AvgIpc) is 2.98. The first-order valence-corrected chi connectivity index (χ1v) is 6.78. The molecule has 0 saturated heterocycles. The van der Waals surface area contributed by atoms with Gasteiger partial charge in [-0.2, -0.15) is 0 Å². The molecule has 0 unspecified atom stereocenters. The third-order valence-corrected chi connectivity index (χ3v) is 3.83. The van der Waals surface area contributed by atoms with E-state index in [1.54, 1.807) is 17.5 Å². The minimum Gasteiger partial charge on any atom is -0.409 e. The number of oxime groups is 1. The Hall–Kier alpha value is -1.92. The normalized spacial score (nSPS) is 13.4. The van der Waals surface area contributed by atoms with Crippen molar-refractivity contribution in [3.8, 4) is 0 Å². The molecule has 4 N–H and O–H groups in total. The Morgan fingerprint density at radius 3 is 3.11 bits per heavy atom. The van der Waals surface area contributed by atoms with Crippen LogP contribution in [0.2, 0.25) is 0 Å². The smallest absolute Gasteiger partial charge is 0.188 e. The summed E-state index contributed by atoms with van der Waals surface area (Å²) in [5.74, 6) is 0.0214. The van der Waals surface area contributed by atoms with Crippen molar-refractivity contribution in [1.82, 2.24) is 10.3 Å². The van der Waals surface area contributed by atoms with E-state index in [0.717, 1.165) is 5.56 Å². The molecule has 0 aliphatic rings. The second-order valence-corrected chi connectivity index (χ2v) is 5.13. The van der Waals surface area contributed by atoms with Gasteiger partial charge < -0.3 is 16.3 Å². The number of hydrogen-bond acceptors (Lipinski definition) is 5. The van der Waals surface area contributed by atoms with Crippen LogP contribution in [0.4, 0.5) is 0 Å². The fraction of sp³-hybridized carbons (Fsp3) is 0.231. The van der Waals surface area contributed by atoms with Gasteiger partial charge in [-0.3, -0.25) is 4.98 Å². The standard InChI is InChI=1S/C13H16N4OS/c1-9(12-3-2-6-19-12)16-8-10-4-5-15-11(7-10)13(14)17-18/h2-7,9,16,18H,8H2,1H3,(H2,14,17)/t9-/m0/s1. The molecule has 0 aliphatic heterocycles. The zero-order chi connectivity index (χ0) is 13.7. The lowest BCUT2D eigenvalue weighted by molar-refractivity contribution is 0.318. The van der Waals surface area contributed by atoms with E-state index in [1.165, 1.54) is 4.88 Å². The first kappa shape index (κ1) is 13.5. The molecule has 2 heterocycles. The highest BCUT2D eigenvalue weighted by atomic mass is 32.1. The van der Waals surface area contributed by atoms with Crippen molar-refractivity contribution in [2.45, 2.75) is 19.5 Å². The van der Waals surface area contributed by atoms with Gasteiger partial charge in [-0.15, -0.1) is 11.3 Å². The molecular formula is C13H16N4OS. The molecule has 6 heteroatoms. The summed E-state index contributed by atoms with van der Waals surface area (Å²) < 4.78 is 0. The average molecular weight is 276 g/mol. The summed E-state index contributed by atoms with van der Waals surface area (Å²) in [6.45, 7) is 2.82. The zero-order valence-corrected chi connectivity index (χ0v) is 11.4. The first-order valence-electron chi connectivity index (χ1n) is 5.90. The number of hydrogen-bond donors (Lipinski definition) is 3. The number of rotatable bonds is 5. The highest BCUT2D eigenvalue weighted by molar-refractivity contribution is 7.10. The predicted octanol–water partition coefficient (Wildman–Crippen LogP) is 2.09. The van der Waals surface area contributed by atoms with Crippen LogP contribution in [0.1, 0.15) is 29.1 Å². The molecule has 2 aromatic rings. The molecule has 0 aromatic carbocycles. The van der Waals surface area contributed by atoms with Crippen molar-refractivity contribution < 1.29 is 5.21 Å². The van der Waals surface area contributed by atoms with Crippen LogP contribution in [0.3, 0.4) is 0 Å². The Morgan fingerprint density at radius 2 is 2.42 bits per heavy atom.